The number of unbranched alkanes of at least 4 members (excludes halogenated alkanes) is 5. The van der Waals surface area contributed by atoms with Crippen LogP contribution in [0.1, 0.15) is 58.8 Å². The Labute approximate surface area is 128 Å². The first-order chi connectivity index (χ1) is 10.1. The van der Waals surface area contributed by atoms with Gasteiger partial charge >= 0.3 is 5.97 Å². The normalized spacial score (nSPS) is 24.7. The molecule has 0 aromatic carbocycles. The second-order valence-corrected chi connectivity index (χ2v) is 5.88. The van der Waals surface area contributed by atoms with Crippen molar-refractivity contribution in [2.24, 2.45) is 11.8 Å². The number of hydrogen-bond acceptors (Lipinski definition) is 3. The summed E-state index contributed by atoms with van der Waals surface area (Å²) in [6.45, 7) is 7.99. The number of carbonyl (C=O) groups excluding carboxylic acids is 2. The SMILES string of the molecule is C=CCNC(=O)[C@H]1[C@H](CCCCCCCC)OC(=O)[C@@H]1C. The van der Waals surface area contributed by atoms with Gasteiger partial charge in [-0.2, -0.15) is 0 Å². The highest BCUT2D eigenvalue weighted by Crippen LogP contribution is 2.31. The highest BCUT2D eigenvalue weighted by Gasteiger charge is 2.45. The van der Waals surface area contributed by atoms with Gasteiger partial charge in [0.2, 0.25) is 5.91 Å². The van der Waals surface area contributed by atoms with E-state index in [9.17, 15) is 9.59 Å². The fraction of sp³-hybridized carbons (Fsp3) is 0.765. The Morgan fingerprint density at radius 3 is 2.62 bits per heavy atom. The van der Waals surface area contributed by atoms with Crippen molar-refractivity contribution in [2.45, 2.75) is 64.9 Å². The molecule has 21 heavy (non-hydrogen) atoms. The quantitative estimate of drug-likeness (QED) is 0.382. The summed E-state index contributed by atoms with van der Waals surface area (Å²) >= 11 is 0. The van der Waals surface area contributed by atoms with Gasteiger partial charge in [-0.15, -0.1) is 6.58 Å². The topological polar surface area (TPSA) is 55.4 Å². The Morgan fingerprint density at radius 1 is 1.29 bits per heavy atom. The van der Waals surface area contributed by atoms with Crippen LogP contribution in [-0.2, 0) is 14.3 Å². The molecule has 0 aliphatic carbocycles. The Kier molecular flexibility index (Phi) is 8.09. The molecule has 1 aliphatic rings. The standard InChI is InChI=1S/C17H29NO3/c1-4-6-7-8-9-10-11-14-15(13(3)17(20)21-14)16(19)18-12-5-2/h5,13-15H,2,4,6-12H2,1,3H3,(H,18,19)/t13-,14+,15-/m1/s1. The number of esters is 1. The van der Waals surface area contributed by atoms with Crippen LogP contribution < -0.4 is 5.32 Å². The minimum absolute atomic E-state index is 0.0933. The molecular weight excluding hydrogens is 266 g/mol. The van der Waals surface area contributed by atoms with E-state index in [0.29, 0.717) is 6.54 Å². The van der Waals surface area contributed by atoms with Gasteiger partial charge in [0.25, 0.3) is 0 Å². The third-order valence-electron chi connectivity index (χ3n) is 4.14. The average Bonchev–Trinajstić information content (AvgIpc) is 2.75. The molecule has 1 saturated heterocycles. The molecule has 4 heteroatoms. The van der Waals surface area contributed by atoms with Gasteiger partial charge in [0, 0.05) is 6.54 Å². The number of hydrogen-bond donors (Lipinski definition) is 1. The third-order valence-corrected chi connectivity index (χ3v) is 4.14. The van der Waals surface area contributed by atoms with Crippen LogP contribution in [0.3, 0.4) is 0 Å². The molecule has 0 radical (unpaired) electrons. The van der Waals surface area contributed by atoms with Crippen molar-refractivity contribution in [1.82, 2.24) is 5.32 Å². The van der Waals surface area contributed by atoms with Crippen molar-refractivity contribution >= 4 is 11.9 Å². The molecule has 3 atom stereocenters. The summed E-state index contributed by atoms with van der Waals surface area (Å²) in [6.07, 6.45) is 9.33. The molecule has 1 N–H and O–H groups in total. The number of amides is 1. The van der Waals surface area contributed by atoms with Crippen LogP contribution in [-0.4, -0.2) is 24.5 Å². The van der Waals surface area contributed by atoms with Crippen molar-refractivity contribution in [3.8, 4) is 0 Å². The highest BCUT2D eigenvalue weighted by molar-refractivity contribution is 5.88. The van der Waals surface area contributed by atoms with E-state index in [-0.39, 0.29) is 29.8 Å². The van der Waals surface area contributed by atoms with Gasteiger partial charge in [-0.3, -0.25) is 9.59 Å². The molecule has 1 aliphatic heterocycles. The maximum absolute atomic E-state index is 12.2. The van der Waals surface area contributed by atoms with Crippen molar-refractivity contribution in [2.75, 3.05) is 6.54 Å². The number of cyclic esters (lactones) is 1. The first-order valence-corrected chi connectivity index (χ1v) is 8.20. The van der Waals surface area contributed by atoms with E-state index in [0.717, 1.165) is 19.3 Å². The zero-order valence-electron chi connectivity index (χ0n) is 13.4. The van der Waals surface area contributed by atoms with Crippen LogP contribution in [0.4, 0.5) is 0 Å². The molecule has 0 unspecified atom stereocenters. The van der Waals surface area contributed by atoms with Crippen molar-refractivity contribution < 1.29 is 14.3 Å². The highest BCUT2D eigenvalue weighted by atomic mass is 16.6. The van der Waals surface area contributed by atoms with Gasteiger partial charge in [0.05, 0.1) is 11.8 Å². The van der Waals surface area contributed by atoms with E-state index in [2.05, 4.69) is 18.8 Å². The van der Waals surface area contributed by atoms with E-state index in [4.69, 9.17) is 4.74 Å². The Bertz CT molecular complexity index is 354. The van der Waals surface area contributed by atoms with Gasteiger partial charge < -0.3 is 10.1 Å². The smallest absolute Gasteiger partial charge is 0.309 e. The largest absolute Gasteiger partial charge is 0.461 e. The summed E-state index contributed by atoms with van der Waals surface area (Å²) in [5.41, 5.74) is 0. The zero-order chi connectivity index (χ0) is 15.7. The van der Waals surface area contributed by atoms with Crippen molar-refractivity contribution in [3.63, 3.8) is 0 Å². The second kappa shape index (κ2) is 9.59. The van der Waals surface area contributed by atoms with Crippen LogP contribution >= 0.6 is 0 Å². The molecule has 0 aromatic heterocycles. The lowest BCUT2D eigenvalue weighted by Crippen LogP contribution is -2.38. The third kappa shape index (κ3) is 5.52. The summed E-state index contributed by atoms with van der Waals surface area (Å²) in [6, 6.07) is 0. The molecule has 1 rings (SSSR count). The lowest BCUT2D eigenvalue weighted by Gasteiger charge is -2.18. The number of nitrogens with one attached hydrogen (secondary N) is 1. The van der Waals surface area contributed by atoms with Gasteiger partial charge in [-0.1, -0.05) is 52.0 Å². The van der Waals surface area contributed by atoms with Gasteiger partial charge in [-0.05, 0) is 12.8 Å². The maximum atomic E-state index is 12.2. The fourth-order valence-corrected chi connectivity index (χ4v) is 2.85. The van der Waals surface area contributed by atoms with Gasteiger partial charge in [-0.25, -0.2) is 0 Å². The van der Waals surface area contributed by atoms with Crippen LogP contribution in [0, 0.1) is 11.8 Å². The first kappa shape index (κ1) is 17.7. The Morgan fingerprint density at radius 2 is 1.95 bits per heavy atom. The molecule has 4 nitrogen and oxygen atoms in total. The van der Waals surface area contributed by atoms with Gasteiger partial charge in [0.1, 0.15) is 6.10 Å². The van der Waals surface area contributed by atoms with Gasteiger partial charge in [0.15, 0.2) is 0 Å². The average molecular weight is 295 g/mol. The first-order valence-electron chi connectivity index (χ1n) is 8.20. The molecule has 1 amide bonds. The lowest BCUT2D eigenvalue weighted by molar-refractivity contribution is -0.144. The second-order valence-electron chi connectivity index (χ2n) is 5.88. The summed E-state index contributed by atoms with van der Waals surface area (Å²) in [7, 11) is 0. The summed E-state index contributed by atoms with van der Waals surface area (Å²) in [5.74, 6) is -1.04. The summed E-state index contributed by atoms with van der Waals surface area (Å²) in [5, 5.41) is 2.78. The minimum Gasteiger partial charge on any atom is -0.461 e. The number of rotatable bonds is 10. The molecule has 0 bridgehead atoms. The fourth-order valence-electron chi connectivity index (χ4n) is 2.85. The maximum Gasteiger partial charge on any atom is 0.309 e. The number of ether oxygens (including phenoxy) is 1. The van der Waals surface area contributed by atoms with Crippen LogP contribution in [0.25, 0.3) is 0 Å². The zero-order valence-corrected chi connectivity index (χ0v) is 13.4. The van der Waals surface area contributed by atoms with Crippen molar-refractivity contribution in [1.29, 1.82) is 0 Å². The molecule has 0 aromatic rings. The predicted molar refractivity (Wildman–Crippen MR) is 83.7 cm³/mol. The molecule has 1 fully saturated rings. The van der Waals surface area contributed by atoms with E-state index in [1.165, 1.54) is 25.7 Å². The van der Waals surface area contributed by atoms with Crippen LogP contribution in [0.2, 0.25) is 0 Å². The van der Waals surface area contributed by atoms with E-state index >= 15 is 0 Å². The molecule has 120 valence electrons. The minimum atomic E-state index is -0.354. The monoisotopic (exact) mass is 295 g/mol. The van der Waals surface area contributed by atoms with Crippen LogP contribution in [0.5, 0.6) is 0 Å². The predicted octanol–water partition coefficient (Wildman–Crippen LogP) is 3.22. The van der Waals surface area contributed by atoms with Crippen molar-refractivity contribution in [3.05, 3.63) is 12.7 Å². The number of carbonyl (C=O) groups is 2. The molecular formula is C17H29NO3. The Hall–Kier alpha value is -1.32. The Balaban J connectivity index is 2.40. The summed E-state index contributed by atoms with van der Waals surface area (Å²) in [4.78, 5) is 23.9. The van der Waals surface area contributed by atoms with E-state index < -0.39 is 0 Å². The van der Waals surface area contributed by atoms with E-state index in [1.54, 1.807) is 13.0 Å². The molecule has 0 spiro atoms. The lowest BCUT2D eigenvalue weighted by atomic mass is 9.88. The van der Waals surface area contributed by atoms with Crippen LogP contribution in [0.15, 0.2) is 12.7 Å². The van der Waals surface area contributed by atoms with E-state index in [1.807, 2.05) is 0 Å². The molecule has 0 saturated carbocycles. The summed E-state index contributed by atoms with van der Waals surface area (Å²) < 4.78 is 5.39. The molecule has 1 heterocycles.